The van der Waals surface area contributed by atoms with Crippen LogP contribution in [0.15, 0.2) is 67.0 Å². The maximum Gasteiger partial charge on any atom is 0.273 e. The number of fused-ring (bicyclic) bond motifs is 2. The highest BCUT2D eigenvalue weighted by Crippen LogP contribution is 2.32. The number of amides is 3. The van der Waals surface area contributed by atoms with Gasteiger partial charge in [-0.3, -0.25) is 28.9 Å². The van der Waals surface area contributed by atoms with Gasteiger partial charge in [0.2, 0.25) is 0 Å². The van der Waals surface area contributed by atoms with E-state index in [2.05, 4.69) is 10.1 Å². The number of hydrogen-bond acceptors (Lipinski definition) is 5. The van der Waals surface area contributed by atoms with Crippen LogP contribution in [0.5, 0.6) is 0 Å². The Balaban J connectivity index is 1.34. The van der Waals surface area contributed by atoms with Gasteiger partial charge in [-0.05, 0) is 42.3 Å². The average molecular weight is 530 g/mol. The van der Waals surface area contributed by atoms with Crippen molar-refractivity contribution in [2.75, 3.05) is 6.54 Å². The Kier molecular flexibility index (Phi) is 5.80. The third-order valence-electron chi connectivity index (χ3n) is 7.01. The van der Waals surface area contributed by atoms with Gasteiger partial charge in [0.05, 0.1) is 40.6 Å². The molecule has 190 valence electrons. The van der Waals surface area contributed by atoms with E-state index in [0.29, 0.717) is 44.2 Å². The van der Waals surface area contributed by atoms with Gasteiger partial charge in [0.15, 0.2) is 0 Å². The van der Waals surface area contributed by atoms with Crippen molar-refractivity contribution in [3.8, 4) is 11.3 Å². The summed E-state index contributed by atoms with van der Waals surface area (Å²) in [5, 5.41) is 4.63. The molecule has 0 bridgehead atoms. The highest BCUT2D eigenvalue weighted by molar-refractivity contribution is 6.33. The molecule has 0 saturated heterocycles. The molecule has 4 aromatic rings. The summed E-state index contributed by atoms with van der Waals surface area (Å²) < 4.78 is 15.6. The summed E-state index contributed by atoms with van der Waals surface area (Å²) >= 11 is 6.31. The lowest BCUT2D eigenvalue weighted by molar-refractivity contribution is 0.0526. The zero-order valence-corrected chi connectivity index (χ0v) is 21.0. The van der Waals surface area contributed by atoms with Crippen LogP contribution in [0.4, 0.5) is 4.39 Å². The summed E-state index contributed by atoms with van der Waals surface area (Å²) in [5.41, 5.74) is 3.68. The number of aromatic nitrogens is 3. The quantitative estimate of drug-likeness (QED) is 0.350. The van der Waals surface area contributed by atoms with Crippen LogP contribution < -0.4 is 0 Å². The zero-order valence-electron chi connectivity index (χ0n) is 20.3. The Bertz CT molecular complexity index is 1580. The summed E-state index contributed by atoms with van der Waals surface area (Å²) in [6.45, 7) is 0.177. The largest absolute Gasteiger partial charge is 0.328 e. The minimum atomic E-state index is -0.607. The normalized spacial score (nSPS) is 15.3. The maximum atomic E-state index is 14.0. The second-order valence-corrected chi connectivity index (χ2v) is 9.79. The summed E-state index contributed by atoms with van der Waals surface area (Å²) in [6.07, 6.45) is 3.36. The topological polar surface area (TPSA) is 88.4 Å². The van der Waals surface area contributed by atoms with Crippen LogP contribution in [0.3, 0.4) is 0 Å². The molecule has 10 heteroatoms. The third-order valence-corrected chi connectivity index (χ3v) is 7.29. The molecule has 0 radical (unpaired) electrons. The van der Waals surface area contributed by atoms with E-state index in [0.717, 1.165) is 0 Å². The number of imide groups is 1. The van der Waals surface area contributed by atoms with Gasteiger partial charge in [-0.2, -0.15) is 5.10 Å². The van der Waals surface area contributed by atoms with Gasteiger partial charge in [0.1, 0.15) is 11.5 Å². The molecular formula is C28H21ClFN5O3. The lowest BCUT2D eigenvalue weighted by atomic mass is 10.0. The summed E-state index contributed by atoms with van der Waals surface area (Å²) in [4.78, 5) is 47.0. The number of pyridine rings is 1. The van der Waals surface area contributed by atoms with Crippen LogP contribution in [-0.2, 0) is 20.0 Å². The van der Waals surface area contributed by atoms with E-state index < -0.39 is 23.7 Å². The molecule has 2 aliphatic rings. The van der Waals surface area contributed by atoms with Gasteiger partial charge in [0, 0.05) is 30.9 Å². The van der Waals surface area contributed by atoms with Gasteiger partial charge < -0.3 is 4.90 Å². The molecule has 38 heavy (non-hydrogen) atoms. The molecule has 0 saturated carbocycles. The first-order chi connectivity index (χ1) is 18.3. The summed E-state index contributed by atoms with van der Waals surface area (Å²) in [6, 6.07) is 14.0. The van der Waals surface area contributed by atoms with E-state index in [-0.39, 0.29) is 25.4 Å². The predicted molar refractivity (Wildman–Crippen MR) is 137 cm³/mol. The average Bonchev–Trinajstić information content (AvgIpc) is 3.50. The Labute approximate surface area is 222 Å². The Hall–Kier alpha value is -4.37. The first kappa shape index (κ1) is 24.0. The second-order valence-electron chi connectivity index (χ2n) is 9.38. The lowest BCUT2D eigenvalue weighted by Gasteiger charge is -2.30. The van der Waals surface area contributed by atoms with E-state index >= 15 is 0 Å². The van der Waals surface area contributed by atoms with Gasteiger partial charge in [-0.25, -0.2) is 4.39 Å². The van der Waals surface area contributed by atoms with Crippen LogP contribution in [0.25, 0.3) is 11.3 Å². The van der Waals surface area contributed by atoms with Crippen molar-refractivity contribution in [1.29, 1.82) is 0 Å². The summed E-state index contributed by atoms with van der Waals surface area (Å²) in [5.74, 6) is -1.55. The van der Waals surface area contributed by atoms with E-state index in [1.165, 1.54) is 17.0 Å². The molecule has 1 atom stereocenters. The van der Waals surface area contributed by atoms with Crippen molar-refractivity contribution in [2.24, 2.45) is 7.05 Å². The molecule has 6 rings (SSSR count). The molecule has 2 aromatic heterocycles. The Morgan fingerprint density at radius 3 is 2.37 bits per heavy atom. The summed E-state index contributed by atoms with van der Waals surface area (Å²) in [7, 11) is 1.77. The number of rotatable bonds is 6. The third kappa shape index (κ3) is 3.95. The number of halogens is 2. The van der Waals surface area contributed by atoms with Crippen molar-refractivity contribution >= 4 is 29.3 Å². The van der Waals surface area contributed by atoms with Gasteiger partial charge in [0.25, 0.3) is 17.7 Å². The van der Waals surface area contributed by atoms with Gasteiger partial charge >= 0.3 is 0 Å². The standard InChI is InChI=1S/C28H21ClFN5O3/c1-33-25(23(29)13-32-33)17-11-18-14-34(28(38)24(18)31-12-17)20(10-16-5-4-6-19(30)9-16)15-35-26(36)21-7-2-3-8-22(21)27(35)37/h2-9,11-13,20H,10,14-15H2,1H3. The fourth-order valence-electron chi connectivity index (χ4n) is 5.20. The van der Waals surface area contributed by atoms with Crippen LogP contribution in [0.2, 0.25) is 5.02 Å². The van der Waals surface area contributed by atoms with Crippen LogP contribution in [-0.4, -0.2) is 54.9 Å². The number of benzene rings is 2. The molecule has 2 aromatic carbocycles. The highest BCUT2D eigenvalue weighted by Gasteiger charge is 2.41. The van der Waals surface area contributed by atoms with Crippen molar-refractivity contribution < 1.29 is 18.8 Å². The number of carbonyl (C=O) groups excluding carboxylic acids is 3. The highest BCUT2D eigenvalue weighted by atomic mass is 35.5. The molecule has 4 heterocycles. The van der Waals surface area contributed by atoms with Crippen LogP contribution in [0.1, 0.15) is 42.3 Å². The number of hydrogen-bond donors (Lipinski definition) is 0. The molecular weight excluding hydrogens is 509 g/mol. The molecule has 3 amide bonds. The molecule has 0 N–H and O–H groups in total. The molecule has 0 fully saturated rings. The fraction of sp³-hybridized carbons (Fsp3) is 0.179. The minimum absolute atomic E-state index is 0.0387. The van der Waals surface area contributed by atoms with Crippen molar-refractivity contribution in [2.45, 2.75) is 19.0 Å². The monoisotopic (exact) mass is 529 g/mol. The van der Waals surface area contributed by atoms with Crippen molar-refractivity contribution in [3.05, 3.63) is 106 Å². The van der Waals surface area contributed by atoms with E-state index in [1.54, 1.807) is 65.4 Å². The minimum Gasteiger partial charge on any atom is -0.328 e. The van der Waals surface area contributed by atoms with E-state index in [1.807, 2.05) is 6.07 Å². The zero-order chi connectivity index (χ0) is 26.6. The lowest BCUT2D eigenvalue weighted by Crippen LogP contribution is -2.47. The van der Waals surface area contributed by atoms with E-state index in [9.17, 15) is 18.8 Å². The number of aryl methyl sites for hydroxylation is 1. The number of nitrogens with zero attached hydrogens (tertiary/aromatic N) is 5. The van der Waals surface area contributed by atoms with Crippen LogP contribution >= 0.6 is 11.6 Å². The molecule has 8 nitrogen and oxygen atoms in total. The van der Waals surface area contributed by atoms with E-state index in [4.69, 9.17) is 11.6 Å². The van der Waals surface area contributed by atoms with Crippen molar-refractivity contribution in [1.82, 2.24) is 24.6 Å². The smallest absolute Gasteiger partial charge is 0.273 e. The SMILES string of the molecule is Cn1ncc(Cl)c1-c1cnc2c(c1)CN(C(Cc1cccc(F)c1)CN1C(=O)c3ccccc3C1=O)C2=O. The molecule has 0 spiro atoms. The van der Waals surface area contributed by atoms with Crippen molar-refractivity contribution in [3.63, 3.8) is 0 Å². The number of carbonyl (C=O) groups is 3. The second kappa shape index (κ2) is 9.18. The first-order valence-electron chi connectivity index (χ1n) is 12.0. The molecule has 0 aliphatic carbocycles. The van der Waals surface area contributed by atoms with Crippen LogP contribution in [0, 0.1) is 5.82 Å². The first-order valence-corrected chi connectivity index (χ1v) is 12.4. The molecule has 1 unspecified atom stereocenters. The maximum absolute atomic E-state index is 14.0. The van der Waals surface area contributed by atoms with Gasteiger partial charge in [-0.15, -0.1) is 0 Å². The Morgan fingerprint density at radius 2 is 1.71 bits per heavy atom. The molecule has 2 aliphatic heterocycles. The van der Waals surface area contributed by atoms with Gasteiger partial charge in [-0.1, -0.05) is 35.9 Å². The Morgan fingerprint density at radius 1 is 0.974 bits per heavy atom. The fourth-order valence-corrected chi connectivity index (χ4v) is 5.47. The predicted octanol–water partition coefficient (Wildman–Crippen LogP) is 4.14.